The van der Waals surface area contributed by atoms with E-state index in [1.54, 1.807) is 0 Å². The Kier molecular flexibility index (Phi) is 4.78. The van der Waals surface area contributed by atoms with Gasteiger partial charge in [0.2, 0.25) is 0 Å². The molecule has 0 amide bonds. The van der Waals surface area contributed by atoms with Crippen molar-refractivity contribution >= 4 is 11.9 Å². The van der Waals surface area contributed by atoms with Crippen LogP contribution in [0.1, 0.15) is 47.5 Å². The molecule has 84 valence electrons. The van der Waals surface area contributed by atoms with E-state index in [1.807, 2.05) is 11.9 Å². The standard InChI is InChI=1S/C12H25NS/c1-6-9(4)14-13-12-7-11(8(2)3)10(12)5/h8-13H,6-7H2,1-5H3. The summed E-state index contributed by atoms with van der Waals surface area (Å²) in [6, 6.07) is 0.765. The lowest BCUT2D eigenvalue weighted by Crippen LogP contribution is -2.48. The van der Waals surface area contributed by atoms with Crippen molar-refractivity contribution in [2.45, 2.75) is 58.8 Å². The molecule has 0 saturated heterocycles. The Balaban J connectivity index is 2.18. The monoisotopic (exact) mass is 215 g/mol. The SMILES string of the molecule is CCC(C)SNC1CC(C(C)C)C1C. The maximum atomic E-state index is 3.62. The highest BCUT2D eigenvalue weighted by atomic mass is 32.2. The van der Waals surface area contributed by atoms with Gasteiger partial charge in [-0.2, -0.15) is 0 Å². The van der Waals surface area contributed by atoms with E-state index < -0.39 is 0 Å². The molecule has 1 aliphatic rings. The summed E-state index contributed by atoms with van der Waals surface area (Å²) in [4.78, 5) is 0. The highest BCUT2D eigenvalue weighted by molar-refractivity contribution is 7.98. The van der Waals surface area contributed by atoms with E-state index in [4.69, 9.17) is 0 Å². The summed E-state index contributed by atoms with van der Waals surface area (Å²) in [6.45, 7) is 11.6. The van der Waals surface area contributed by atoms with Gasteiger partial charge in [-0.05, 0) is 30.6 Å². The molecule has 0 bridgehead atoms. The van der Waals surface area contributed by atoms with Crippen molar-refractivity contribution < 1.29 is 0 Å². The van der Waals surface area contributed by atoms with Gasteiger partial charge in [0.25, 0.3) is 0 Å². The van der Waals surface area contributed by atoms with Crippen LogP contribution in [-0.2, 0) is 0 Å². The van der Waals surface area contributed by atoms with Crippen molar-refractivity contribution in [1.82, 2.24) is 4.72 Å². The molecule has 1 saturated carbocycles. The third kappa shape index (κ3) is 2.90. The van der Waals surface area contributed by atoms with Crippen molar-refractivity contribution in [2.75, 3.05) is 0 Å². The molecule has 4 atom stereocenters. The topological polar surface area (TPSA) is 12.0 Å². The molecule has 1 aliphatic carbocycles. The zero-order valence-corrected chi connectivity index (χ0v) is 11.0. The number of nitrogens with one attached hydrogen (secondary N) is 1. The first kappa shape index (κ1) is 12.4. The highest BCUT2D eigenvalue weighted by Gasteiger charge is 2.38. The van der Waals surface area contributed by atoms with Crippen LogP contribution in [0.3, 0.4) is 0 Å². The van der Waals surface area contributed by atoms with Gasteiger partial charge >= 0.3 is 0 Å². The third-order valence-electron chi connectivity index (χ3n) is 3.69. The Labute approximate surface area is 93.6 Å². The zero-order chi connectivity index (χ0) is 10.7. The highest BCUT2D eigenvalue weighted by Crippen LogP contribution is 2.40. The van der Waals surface area contributed by atoms with Gasteiger partial charge in [-0.25, -0.2) is 0 Å². The Hall–Kier alpha value is 0.310. The summed E-state index contributed by atoms with van der Waals surface area (Å²) >= 11 is 1.93. The second-order valence-corrected chi connectivity index (χ2v) is 6.34. The molecule has 1 rings (SSSR count). The quantitative estimate of drug-likeness (QED) is 0.702. The van der Waals surface area contributed by atoms with Crippen LogP contribution in [0.2, 0.25) is 0 Å². The van der Waals surface area contributed by atoms with Crippen LogP contribution in [0.15, 0.2) is 0 Å². The van der Waals surface area contributed by atoms with Crippen molar-refractivity contribution in [2.24, 2.45) is 17.8 Å². The van der Waals surface area contributed by atoms with Crippen LogP contribution in [0.25, 0.3) is 0 Å². The molecule has 2 heteroatoms. The normalized spacial score (nSPS) is 34.3. The molecule has 14 heavy (non-hydrogen) atoms. The van der Waals surface area contributed by atoms with Crippen molar-refractivity contribution in [1.29, 1.82) is 0 Å². The van der Waals surface area contributed by atoms with Gasteiger partial charge in [0.1, 0.15) is 0 Å². The van der Waals surface area contributed by atoms with Crippen molar-refractivity contribution in [3.05, 3.63) is 0 Å². The molecule has 0 spiro atoms. The molecule has 4 unspecified atom stereocenters. The predicted octanol–water partition coefficient (Wildman–Crippen LogP) is 3.70. The fourth-order valence-electron chi connectivity index (χ4n) is 2.15. The van der Waals surface area contributed by atoms with Crippen molar-refractivity contribution in [3.8, 4) is 0 Å². The summed E-state index contributed by atoms with van der Waals surface area (Å²) in [5.41, 5.74) is 0. The number of hydrogen-bond donors (Lipinski definition) is 1. The average Bonchev–Trinajstić information content (AvgIpc) is 2.14. The number of hydrogen-bond acceptors (Lipinski definition) is 2. The van der Waals surface area contributed by atoms with E-state index in [0.717, 1.165) is 29.0 Å². The maximum Gasteiger partial charge on any atom is 0.0203 e. The molecule has 0 aliphatic heterocycles. The summed E-state index contributed by atoms with van der Waals surface area (Å²) in [7, 11) is 0. The summed E-state index contributed by atoms with van der Waals surface area (Å²) < 4.78 is 3.62. The lowest BCUT2D eigenvalue weighted by atomic mass is 9.66. The third-order valence-corrected chi connectivity index (χ3v) is 4.86. The van der Waals surface area contributed by atoms with Crippen LogP contribution in [0.5, 0.6) is 0 Å². The number of rotatable bonds is 5. The van der Waals surface area contributed by atoms with Gasteiger partial charge in [0, 0.05) is 11.3 Å². The van der Waals surface area contributed by atoms with E-state index in [1.165, 1.54) is 12.8 Å². The van der Waals surface area contributed by atoms with Gasteiger partial charge in [0.05, 0.1) is 0 Å². The van der Waals surface area contributed by atoms with Gasteiger partial charge in [-0.3, -0.25) is 4.72 Å². The van der Waals surface area contributed by atoms with E-state index >= 15 is 0 Å². The fraction of sp³-hybridized carbons (Fsp3) is 1.00. The molecule has 0 aromatic rings. The van der Waals surface area contributed by atoms with Crippen LogP contribution < -0.4 is 4.72 Å². The lowest BCUT2D eigenvalue weighted by molar-refractivity contribution is 0.0964. The first-order valence-electron chi connectivity index (χ1n) is 5.97. The molecular formula is C12H25NS. The van der Waals surface area contributed by atoms with E-state index in [9.17, 15) is 0 Å². The second-order valence-electron chi connectivity index (χ2n) is 5.06. The van der Waals surface area contributed by atoms with Crippen molar-refractivity contribution in [3.63, 3.8) is 0 Å². The summed E-state index contributed by atoms with van der Waals surface area (Å²) in [5.74, 6) is 2.67. The Morgan fingerprint density at radius 3 is 2.43 bits per heavy atom. The van der Waals surface area contributed by atoms with Gasteiger partial charge in [-0.1, -0.05) is 46.6 Å². The maximum absolute atomic E-state index is 3.62. The molecule has 1 N–H and O–H groups in total. The van der Waals surface area contributed by atoms with Gasteiger partial charge in [0.15, 0.2) is 0 Å². The molecule has 1 fully saturated rings. The summed E-state index contributed by atoms with van der Waals surface area (Å²) in [6.07, 6.45) is 2.63. The van der Waals surface area contributed by atoms with Crippen LogP contribution in [0, 0.1) is 17.8 Å². The first-order chi connectivity index (χ1) is 6.56. The smallest absolute Gasteiger partial charge is 0.0203 e. The predicted molar refractivity (Wildman–Crippen MR) is 66.4 cm³/mol. The Bertz CT molecular complexity index is 170. The minimum Gasteiger partial charge on any atom is -0.261 e. The van der Waals surface area contributed by atoms with Crippen LogP contribution in [-0.4, -0.2) is 11.3 Å². The minimum atomic E-state index is 0.750. The molecular weight excluding hydrogens is 190 g/mol. The van der Waals surface area contributed by atoms with E-state index in [2.05, 4.69) is 39.3 Å². The fourth-order valence-corrected chi connectivity index (χ4v) is 3.03. The van der Waals surface area contributed by atoms with E-state index in [-0.39, 0.29) is 0 Å². The largest absolute Gasteiger partial charge is 0.261 e. The lowest BCUT2D eigenvalue weighted by Gasteiger charge is -2.45. The molecule has 0 aromatic heterocycles. The second kappa shape index (κ2) is 5.41. The summed E-state index contributed by atoms with van der Waals surface area (Å²) in [5, 5.41) is 0.750. The molecule has 0 aromatic carbocycles. The van der Waals surface area contributed by atoms with Gasteiger partial charge in [-0.15, -0.1) is 0 Å². The van der Waals surface area contributed by atoms with Crippen LogP contribution in [0.4, 0.5) is 0 Å². The Morgan fingerprint density at radius 2 is 2.00 bits per heavy atom. The average molecular weight is 215 g/mol. The molecule has 0 radical (unpaired) electrons. The van der Waals surface area contributed by atoms with Gasteiger partial charge < -0.3 is 0 Å². The minimum absolute atomic E-state index is 0.750. The molecule has 0 heterocycles. The Morgan fingerprint density at radius 1 is 1.36 bits per heavy atom. The molecule has 1 nitrogen and oxygen atoms in total. The van der Waals surface area contributed by atoms with Crippen LogP contribution >= 0.6 is 11.9 Å². The zero-order valence-electron chi connectivity index (χ0n) is 10.2. The first-order valence-corrected chi connectivity index (χ1v) is 6.85. The van der Waals surface area contributed by atoms with E-state index in [0.29, 0.717) is 0 Å².